The van der Waals surface area contributed by atoms with Crippen LogP contribution in [0.25, 0.3) is 0 Å². The van der Waals surface area contributed by atoms with Gasteiger partial charge in [0, 0.05) is 18.7 Å². The molecule has 0 unspecified atom stereocenters. The van der Waals surface area contributed by atoms with E-state index in [9.17, 15) is 14.7 Å². The molecule has 3 heterocycles. The number of carbonyl (C=O) groups is 2. The molecule has 6 heteroatoms. The van der Waals surface area contributed by atoms with E-state index < -0.39 is 6.04 Å². The number of fused-ring (bicyclic) bond motifs is 2. The van der Waals surface area contributed by atoms with E-state index in [-0.39, 0.29) is 29.5 Å². The Morgan fingerprint density at radius 1 is 1.08 bits per heavy atom. The average molecular weight is 349 g/mol. The molecule has 0 saturated carbocycles. The number of piperidine rings is 1. The van der Waals surface area contributed by atoms with E-state index in [0.717, 1.165) is 30.4 Å². The minimum Gasteiger partial charge on any atom is -0.508 e. The number of amides is 2. The lowest BCUT2D eigenvalue weighted by Crippen LogP contribution is -2.64. The maximum atomic E-state index is 12.8. The summed E-state index contributed by atoms with van der Waals surface area (Å²) < 4.78 is 0. The van der Waals surface area contributed by atoms with Crippen LogP contribution in [0, 0.1) is 6.92 Å². The highest BCUT2D eigenvalue weighted by molar-refractivity contribution is 6.32. The summed E-state index contributed by atoms with van der Waals surface area (Å²) in [6, 6.07) is 2.79. The summed E-state index contributed by atoms with van der Waals surface area (Å²) in [6.07, 6.45) is 2.93. The third-order valence-electron chi connectivity index (χ3n) is 5.75. The van der Waals surface area contributed by atoms with Crippen LogP contribution in [0.3, 0.4) is 0 Å². The standard InChI is InChI=1S/C18H21ClN2O3/c1-10-4-5-14(22)15(16(10)19)11-6-8-21-13(9-11)18(24)20-7-2-3-12(20)17(21)23/h4-5,11-13,22H,2-3,6-9H2,1H3/t11-,12-,13+/m1/s1. The number of aryl methyl sites for hydroxylation is 1. The molecule has 0 aromatic heterocycles. The van der Waals surface area contributed by atoms with Gasteiger partial charge in [0.15, 0.2) is 0 Å². The molecule has 3 aliphatic rings. The van der Waals surface area contributed by atoms with E-state index in [2.05, 4.69) is 0 Å². The summed E-state index contributed by atoms with van der Waals surface area (Å²) in [5.74, 6) is 0.326. The molecule has 5 nitrogen and oxygen atoms in total. The number of piperazine rings is 1. The number of carbonyl (C=O) groups excluding carboxylic acids is 2. The number of aromatic hydroxyl groups is 1. The zero-order valence-corrected chi connectivity index (χ0v) is 14.4. The molecular weight excluding hydrogens is 328 g/mol. The predicted octanol–water partition coefficient (Wildman–Crippen LogP) is 2.43. The summed E-state index contributed by atoms with van der Waals surface area (Å²) in [5.41, 5.74) is 1.64. The normalized spacial score (nSPS) is 29.7. The Kier molecular flexibility index (Phi) is 3.71. The number of hydrogen-bond acceptors (Lipinski definition) is 3. The van der Waals surface area contributed by atoms with Gasteiger partial charge in [0.05, 0.1) is 5.02 Å². The van der Waals surface area contributed by atoms with Crippen LogP contribution in [-0.4, -0.2) is 51.9 Å². The van der Waals surface area contributed by atoms with Crippen LogP contribution in [-0.2, 0) is 9.59 Å². The molecule has 0 aliphatic carbocycles. The average Bonchev–Trinajstić information content (AvgIpc) is 3.06. The van der Waals surface area contributed by atoms with Gasteiger partial charge < -0.3 is 14.9 Å². The number of nitrogens with zero attached hydrogens (tertiary/aromatic N) is 2. The van der Waals surface area contributed by atoms with E-state index in [0.29, 0.717) is 24.5 Å². The highest BCUT2D eigenvalue weighted by atomic mass is 35.5. The van der Waals surface area contributed by atoms with Gasteiger partial charge in [-0.3, -0.25) is 9.59 Å². The summed E-state index contributed by atoms with van der Waals surface area (Å²) in [5, 5.41) is 10.8. The molecule has 128 valence electrons. The lowest BCUT2D eigenvalue weighted by atomic mass is 9.82. The van der Waals surface area contributed by atoms with Gasteiger partial charge >= 0.3 is 0 Å². The van der Waals surface area contributed by atoms with Crippen molar-refractivity contribution >= 4 is 23.4 Å². The number of phenolic OH excluding ortho intramolecular Hbond substituents is 1. The Balaban J connectivity index is 1.65. The van der Waals surface area contributed by atoms with Crippen LogP contribution >= 0.6 is 11.6 Å². The van der Waals surface area contributed by atoms with E-state index in [4.69, 9.17) is 11.6 Å². The minimum atomic E-state index is -0.415. The summed E-state index contributed by atoms with van der Waals surface area (Å²) in [7, 11) is 0. The zero-order valence-electron chi connectivity index (χ0n) is 13.7. The number of hydrogen-bond donors (Lipinski definition) is 1. The fourth-order valence-corrected chi connectivity index (χ4v) is 4.79. The Labute approximate surface area is 146 Å². The van der Waals surface area contributed by atoms with Gasteiger partial charge in [-0.2, -0.15) is 0 Å². The fraction of sp³-hybridized carbons (Fsp3) is 0.556. The van der Waals surface area contributed by atoms with E-state index in [1.165, 1.54) is 0 Å². The lowest BCUT2D eigenvalue weighted by molar-refractivity contribution is -0.161. The summed E-state index contributed by atoms with van der Waals surface area (Å²) in [6.45, 7) is 3.14. The molecule has 24 heavy (non-hydrogen) atoms. The second-order valence-corrected chi connectivity index (χ2v) is 7.47. The van der Waals surface area contributed by atoms with Crippen molar-refractivity contribution < 1.29 is 14.7 Å². The maximum Gasteiger partial charge on any atom is 0.246 e. The van der Waals surface area contributed by atoms with Gasteiger partial charge in [0.1, 0.15) is 17.8 Å². The monoisotopic (exact) mass is 348 g/mol. The SMILES string of the molecule is Cc1ccc(O)c([C@@H]2CCN3C(=O)[C@H]4CCCN4C(=O)[C@@H]3C2)c1Cl. The van der Waals surface area contributed by atoms with Gasteiger partial charge in [0.25, 0.3) is 0 Å². The van der Waals surface area contributed by atoms with Crippen LogP contribution in [0.4, 0.5) is 0 Å². The summed E-state index contributed by atoms with van der Waals surface area (Å²) in [4.78, 5) is 29.0. The molecule has 3 atom stereocenters. The topological polar surface area (TPSA) is 60.9 Å². The van der Waals surface area contributed by atoms with E-state index in [1.54, 1.807) is 21.9 Å². The van der Waals surface area contributed by atoms with Crippen molar-refractivity contribution in [1.82, 2.24) is 9.80 Å². The van der Waals surface area contributed by atoms with Crippen LogP contribution in [0.2, 0.25) is 5.02 Å². The Morgan fingerprint density at radius 2 is 1.79 bits per heavy atom. The van der Waals surface area contributed by atoms with Crippen molar-refractivity contribution in [2.45, 2.75) is 50.6 Å². The summed E-state index contributed by atoms with van der Waals surface area (Å²) >= 11 is 6.43. The van der Waals surface area contributed by atoms with Gasteiger partial charge in [-0.25, -0.2) is 0 Å². The first-order valence-electron chi connectivity index (χ1n) is 8.58. The van der Waals surface area contributed by atoms with Crippen molar-refractivity contribution in [1.29, 1.82) is 0 Å². The second kappa shape index (κ2) is 5.66. The second-order valence-electron chi connectivity index (χ2n) is 7.09. The molecular formula is C18H21ClN2O3. The molecule has 0 radical (unpaired) electrons. The van der Waals surface area contributed by atoms with Gasteiger partial charge in [0.2, 0.25) is 11.8 Å². The zero-order chi connectivity index (χ0) is 17.0. The largest absolute Gasteiger partial charge is 0.508 e. The van der Waals surface area contributed by atoms with Gasteiger partial charge in [-0.15, -0.1) is 0 Å². The van der Waals surface area contributed by atoms with Crippen molar-refractivity contribution in [3.63, 3.8) is 0 Å². The Bertz CT molecular complexity index is 720. The van der Waals surface area contributed by atoms with Crippen LogP contribution < -0.4 is 0 Å². The third-order valence-corrected chi connectivity index (χ3v) is 6.25. The number of rotatable bonds is 1. The van der Waals surface area contributed by atoms with E-state index >= 15 is 0 Å². The van der Waals surface area contributed by atoms with E-state index in [1.807, 2.05) is 6.92 Å². The molecule has 1 aromatic carbocycles. The number of halogens is 1. The smallest absolute Gasteiger partial charge is 0.246 e. The van der Waals surface area contributed by atoms with Crippen molar-refractivity contribution in [2.75, 3.05) is 13.1 Å². The highest BCUT2D eigenvalue weighted by Gasteiger charge is 2.50. The van der Waals surface area contributed by atoms with Crippen LogP contribution in [0.1, 0.15) is 42.7 Å². The molecule has 4 rings (SSSR count). The molecule has 3 saturated heterocycles. The first-order chi connectivity index (χ1) is 11.5. The third kappa shape index (κ3) is 2.21. The molecule has 0 bridgehead atoms. The quantitative estimate of drug-likeness (QED) is 0.848. The van der Waals surface area contributed by atoms with Crippen molar-refractivity contribution in [2.24, 2.45) is 0 Å². The first-order valence-corrected chi connectivity index (χ1v) is 8.95. The lowest BCUT2D eigenvalue weighted by Gasteiger charge is -2.46. The van der Waals surface area contributed by atoms with Gasteiger partial charge in [-0.1, -0.05) is 17.7 Å². The minimum absolute atomic E-state index is 0.00504. The molecule has 0 spiro atoms. The Morgan fingerprint density at radius 3 is 2.58 bits per heavy atom. The fourth-order valence-electron chi connectivity index (χ4n) is 4.48. The predicted molar refractivity (Wildman–Crippen MR) is 90.1 cm³/mol. The maximum absolute atomic E-state index is 12.8. The Hall–Kier alpha value is -1.75. The highest BCUT2D eigenvalue weighted by Crippen LogP contribution is 2.43. The molecule has 3 aliphatic heterocycles. The number of benzene rings is 1. The molecule has 3 fully saturated rings. The van der Waals surface area contributed by atoms with Crippen LogP contribution in [0.15, 0.2) is 12.1 Å². The van der Waals surface area contributed by atoms with Crippen molar-refractivity contribution in [3.05, 3.63) is 28.3 Å². The van der Waals surface area contributed by atoms with Crippen molar-refractivity contribution in [3.8, 4) is 5.75 Å². The van der Waals surface area contributed by atoms with Crippen LogP contribution in [0.5, 0.6) is 5.75 Å². The molecule has 2 amide bonds. The molecule has 1 N–H and O–H groups in total. The number of phenols is 1. The molecule has 1 aromatic rings. The first kappa shape index (κ1) is 15.8. The van der Waals surface area contributed by atoms with Gasteiger partial charge in [-0.05, 0) is 50.2 Å².